The van der Waals surface area contributed by atoms with Gasteiger partial charge < -0.3 is 0 Å². The third kappa shape index (κ3) is 2.29. The molecule has 0 bridgehead atoms. The fourth-order valence-corrected chi connectivity index (χ4v) is 3.39. The molecule has 0 radical (unpaired) electrons. The zero-order chi connectivity index (χ0) is 14.2. The molecule has 0 aliphatic heterocycles. The smallest absolute Gasteiger partial charge is 0.0908 e. The Balaban J connectivity index is 2.27. The number of benzene rings is 3. The standard InChI is InChI=1S/C17H11Cl3/c18-16-11-4-3-9-15(16)17(19,20)14-10-5-7-12-6-1-2-8-13(12)14/h1-11H. The van der Waals surface area contributed by atoms with E-state index in [4.69, 9.17) is 34.8 Å². The quantitative estimate of drug-likeness (QED) is 0.495. The van der Waals surface area contributed by atoms with E-state index in [1.165, 1.54) is 0 Å². The van der Waals surface area contributed by atoms with Crippen LogP contribution in [0.5, 0.6) is 0 Å². The second-order valence-electron chi connectivity index (χ2n) is 4.58. The van der Waals surface area contributed by atoms with E-state index in [0.717, 1.165) is 16.3 Å². The molecule has 0 amide bonds. The predicted molar refractivity (Wildman–Crippen MR) is 87.9 cm³/mol. The summed E-state index contributed by atoms with van der Waals surface area (Å²) in [6.45, 7) is 0. The highest BCUT2D eigenvalue weighted by Gasteiger charge is 2.32. The molecule has 0 atom stereocenters. The van der Waals surface area contributed by atoms with Gasteiger partial charge >= 0.3 is 0 Å². The van der Waals surface area contributed by atoms with Crippen molar-refractivity contribution in [2.75, 3.05) is 0 Å². The largest absolute Gasteiger partial charge is 0.170 e. The zero-order valence-electron chi connectivity index (χ0n) is 10.5. The van der Waals surface area contributed by atoms with E-state index >= 15 is 0 Å². The summed E-state index contributed by atoms with van der Waals surface area (Å²) in [7, 11) is 0. The molecular weight excluding hydrogens is 311 g/mol. The molecule has 0 unspecified atom stereocenters. The molecule has 0 N–H and O–H groups in total. The summed E-state index contributed by atoms with van der Waals surface area (Å²) in [4.78, 5) is 0. The van der Waals surface area contributed by atoms with Gasteiger partial charge in [-0.15, -0.1) is 0 Å². The summed E-state index contributed by atoms with van der Waals surface area (Å²) in [5, 5.41) is 2.69. The normalized spacial score (nSPS) is 11.8. The minimum Gasteiger partial charge on any atom is -0.0908 e. The number of hydrogen-bond donors (Lipinski definition) is 0. The van der Waals surface area contributed by atoms with Crippen molar-refractivity contribution in [3.05, 3.63) is 82.9 Å². The van der Waals surface area contributed by atoms with E-state index in [1.54, 1.807) is 6.07 Å². The van der Waals surface area contributed by atoms with Crippen LogP contribution in [0.4, 0.5) is 0 Å². The van der Waals surface area contributed by atoms with Crippen LogP contribution in [0, 0.1) is 0 Å². The summed E-state index contributed by atoms with van der Waals surface area (Å²) in [6.07, 6.45) is 0. The molecule has 0 saturated heterocycles. The fourth-order valence-electron chi connectivity index (χ4n) is 2.36. The van der Waals surface area contributed by atoms with Gasteiger partial charge in [0.25, 0.3) is 0 Å². The number of rotatable bonds is 2. The summed E-state index contributed by atoms with van der Waals surface area (Å²) in [5.74, 6) is 0. The van der Waals surface area contributed by atoms with E-state index in [1.807, 2.05) is 60.7 Å². The van der Waals surface area contributed by atoms with Gasteiger partial charge in [0.1, 0.15) is 0 Å². The van der Waals surface area contributed by atoms with Crippen LogP contribution in [0.3, 0.4) is 0 Å². The fraction of sp³-hybridized carbons (Fsp3) is 0.0588. The van der Waals surface area contributed by atoms with Gasteiger partial charge in [0.05, 0.1) is 0 Å². The molecule has 100 valence electrons. The van der Waals surface area contributed by atoms with Gasteiger partial charge in [-0.25, -0.2) is 0 Å². The number of alkyl halides is 2. The van der Waals surface area contributed by atoms with Crippen molar-refractivity contribution < 1.29 is 0 Å². The first-order chi connectivity index (χ1) is 9.60. The average Bonchev–Trinajstić information content (AvgIpc) is 2.47. The molecule has 0 spiro atoms. The highest BCUT2D eigenvalue weighted by Crippen LogP contribution is 2.46. The number of halogens is 3. The average molecular weight is 322 g/mol. The Kier molecular flexibility index (Phi) is 3.64. The third-order valence-corrected chi connectivity index (χ3v) is 4.48. The van der Waals surface area contributed by atoms with Crippen molar-refractivity contribution in [3.63, 3.8) is 0 Å². The molecule has 3 rings (SSSR count). The van der Waals surface area contributed by atoms with Crippen LogP contribution in [-0.2, 0) is 4.33 Å². The van der Waals surface area contributed by atoms with Crippen molar-refractivity contribution in [1.29, 1.82) is 0 Å². The second-order valence-corrected chi connectivity index (χ2v) is 6.32. The Morgan fingerprint density at radius 2 is 1.25 bits per heavy atom. The summed E-state index contributed by atoms with van der Waals surface area (Å²) < 4.78 is -1.18. The summed E-state index contributed by atoms with van der Waals surface area (Å²) in [5.41, 5.74) is 1.54. The van der Waals surface area contributed by atoms with Crippen molar-refractivity contribution in [1.82, 2.24) is 0 Å². The van der Waals surface area contributed by atoms with E-state index in [2.05, 4.69) is 0 Å². The molecule has 3 aromatic carbocycles. The van der Waals surface area contributed by atoms with Gasteiger partial charge in [0.15, 0.2) is 4.33 Å². The first kappa shape index (κ1) is 13.8. The lowest BCUT2D eigenvalue weighted by Gasteiger charge is -2.23. The Bertz CT molecular complexity index is 758. The lowest BCUT2D eigenvalue weighted by Crippen LogP contribution is -2.13. The molecule has 0 nitrogen and oxygen atoms in total. The predicted octanol–water partition coefficient (Wildman–Crippen LogP) is 6.17. The molecular formula is C17H11Cl3. The van der Waals surface area contributed by atoms with Crippen LogP contribution in [0.25, 0.3) is 10.8 Å². The highest BCUT2D eigenvalue weighted by atomic mass is 35.5. The second kappa shape index (κ2) is 5.29. The molecule has 0 aromatic heterocycles. The van der Waals surface area contributed by atoms with Crippen LogP contribution in [0.1, 0.15) is 11.1 Å². The van der Waals surface area contributed by atoms with E-state index in [0.29, 0.717) is 10.6 Å². The maximum atomic E-state index is 6.65. The first-order valence-corrected chi connectivity index (χ1v) is 7.35. The van der Waals surface area contributed by atoms with Crippen molar-refractivity contribution >= 4 is 45.6 Å². The van der Waals surface area contributed by atoms with Gasteiger partial charge in [0, 0.05) is 16.1 Å². The molecule has 0 aliphatic rings. The Morgan fingerprint density at radius 3 is 2.05 bits per heavy atom. The number of fused-ring (bicyclic) bond motifs is 1. The lowest BCUT2D eigenvalue weighted by atomic mass is 9.97. The topological polar surface area (TPSA) is 0 Å². The van der Waals surface area contributed by atoms with Crippen LogP contribution < -0.4 is 0 Å². The van der Waals surface area contributed by atoms with Crippen LogP contribution >= 0.6 is 34.8 Å². The van der Waals surface area contributed by atoms with Crippen molar-refractivity contribution in [2.45, 2.75) is 4.33 Å². The minimum atomic E-state index is -1.18. The first-order valence-electron chi connectivity index (χ1n) is 6.22. The Morgan fingerprint density at radius 1 is 0.650 bits per heavy atom. The van der Waals surface area contributed by atoms with E-state index < -0.39 is 4.33 Å². The molecule has 3 heteroatoms. The Labute approximate surface area is 132 Å². The van der Waals surface area contributed by atoms with Gasteiger partial charge in [-0.2, -0.15) is 0 Å². The SMILES string of the molecule is Clc1ccccc1C(Cl)(Cl)c1cccc2ccccc12. The van der Waals surface area contributed by atoms with Gasteiger partial charge in [-0.3, -0.25) is 0 Å². The minimum absolute atomic E-state index is 0.561. The van der Waals surface area contributed by atoms with Crippen molar-refractivity contribution in [2.24, 2.45) is 0 Å². The van der Waals surface area contributed by atoms with Gasteiger partial charge in [-0.05, 0) is 16.8 Å². The number of hydrogen-bond acceptors (Lipinski definition) is 0. The maximum Gasteiger partial charge on any atom is 0.170 e. The van der Waals surface area contributed by atoms with Crippen LogP contribution in [0.2, 0.25) is 5.02 Å². The zero-order valence-corrected chi connectivity index (χ0v) is 12.8. The van der Waals surface area contributed by atoms with Gasteiger partial charge in [0.2, 0.25) is 0 Å². The molecule has 20 heavy (non-hydrogen) atoms. The van der Waals surface area contributed by atoms with E-state index in [9.17, 15) is 0 Å². The van der Waals surface area contributed by atoms with Crippen LogP contribution in [-0.4, -0.2) is 0 Å². The molecule has 0 heterocycles. The molecule has 0 saturated carbocycles. The summed E-state index contributed by atoms with van der Waals surface area (Å²) in [6, 6.07) is 21.3. The maximum absolute atomic E-state index is 6.65. The van der Waals surface area contributed by atoms with Crippen LogP contribution in [0.15, 0.2) is 66.7 Å². The van der Waals surface area contributed by atoms with E-state index in [-0.39, 0.29) is 0 Å². The monoisotopic (exact) mass is 320 g/mol. The molecule has 0 fully saturated rings. The van der Waals surface area contributed by atoms with Gasteiger partial charge in [-0.1, -0.05) is 95.5 Å². The lowest BCUT2D eigenvalue weighted by molar-refractivity contribution is 1.05. The molecule has 0 aliphatic carbocycles. The Hall–Kier alpha value is -1.21. The summed E-state index contributed by atoms with van der Waals surface area (Å²) >= 11 is 19.5. The van der Waals surface area contributed by atoms with Crippen molar-refractivity contribution in [3.8, 4) is 0 Å². The highest BCUT2D eigenvalue weighted by molar-refractivity contribution is 6.51. The molecule has 3 aromatic rings. The third-order valence-electron chi connectivity index (χ3n) is 3.34.